The topological polar surface area (TPSA) is 41.6 Å². The molecule has 0 aliphatic carbocycles. The zero-order valence-electron chi connectivity index (χ0n) is 7.08. The first kappa shape index (κ1) is 9.06. The number of hydrogen-bond acceptors (Lipinski definition) is 2. The molecule has 0 radical (unpaired) electrons. The summed E-state index contributed by atoms with van der Waals surface area (Å²) in [6.07, 6.45) is 1.67. The van der Waals surface area contributed by atoms with Gasteiger partial charge < -0.3 is 15.0 Å². The fraction of sp³-hybridized carbons (Fsp3) is 0.625. The van der Waals surface area contributed by atoms with Crippen LogP contribution in [0.4, 0.5) is 4.79 Å². The molecule has 4 heteroatoms. The lowest BCUT2D eigenvalue weighted by molar-refractivity contribution is 0.0534. The minimum absolute atomic E-state index is 0.0294. The number of rotatable bonds is 2. The van der Waals surface area contributed by atoms with Gasteiger partial charge in [-0.2, -0.15) is 0 Å². The summed E-state index contributed by atoms with van der Waals surface area (Å²) >= 11 is 0. The third-order valence-corrected chi connectivity index (χ3v) is 1.70. The molecule has 0 aromatic heterocycles. The Morgan fingerprint density at radius 2 is 2.25 bits per heavy atom. The molecule has 1 aliphatic heterocycles. The zero-order valence-corrected chi connectivity index (χ0v) is 7.08. The van der Waals surface area contributed by atoms with Crippen molar-refractivity contribution in [2.45, 2.75) is 0 Å². The van der Waals surface area contributed by atoms with Crippen molar-refractivity contribution >= 4 is 6.03 Å². The predicted molar refractivity (Wildman–Crippen MR) is 46.0 cm³/mol. The average Bonchev–Trinajstić information content (AvgIpc) is 2.15. The van der Waals surface area contributed by atoms with Gasteiger partial charge in [0.05, 0.1) is 13.2 Å². The summed E-state index contributed by atoms with van der Waals surface area (Å²) in [4.78, 5) is 13.0. The monoisotopic (exact) mass is 170 g/mol. The summed E-state index contributed by atoms with van der Waals surface area (Å²) in [5, 5.41) is 2.72. The molecular formula is C8H14N2O2. The van der Waals surface area contributed by atoms with E-state index in [0.29, 0.717) is 32.8 Å². The van der Waals surface area contributed by atoms with Crippen molar-refractivity contribution < 1.29 is 9.53 Å². The Labute approximate surface area is 72.2 Å². The van der Waals surface area contributed by atoms with Crippen LogP contribution in [-0.2, 0) is 4.74 Å². The van der Waals surface area contributed by atoms with Crippen molar-refractivity contribution in [2.24, 2.45) is 0 Å². The minimum atomic E-state index is -0.0294. The molecule has 0 aromatic rings. The molecule has 68 valence electrons. The third-order valence-electron chi connectivity index (χ3n) is 1.70. The van der Waals surface area contributed by atoms with Crippen molar-refractivity contribution in [2.75, 3.05) is 32.8 Å². The first-order chi connectivity index (χ1) is 5.84. The van der Waals surface area contributed by atoms with E-state index in [9.17, 15) is 4.79 Å². The largest absolute Gasteiger partial charge is 0.378 e. The minimum Gasteiger partial charge on any atom is -0.378 e. The zero-order chi connectivity index (χ0) is 8.81. The summed E-state index contributed by atoms with van der Waals surface area (Å²) in [5.41, 5.74) is 0. The molecule has 0 spiro atoms. The number of morpholine rings is 1. The standard InChI is InChI=1S/C8H14N2O2/c1-2-3-9-8(11)10-4-6-12-7-5-10/h2H,1,3-7H2,(H,9,11). The van der Waals surface area contributed by atoms with Gasteiger partial charge in [-0.1, -0.05) is 6.08 Å². The van der Waals surface area contributed by atoms with Gasteiger partial charge >= 0.3 is 6.03 Å². The molecule has 1 N–H and O–H groups in total. The normalized spacial score (nSPS) is 17.2. The molecule has 0 aromatic carbocycles. The lowest BCUT2D eigenvalue weighted by Crippen LogP contribution is -2.46. The van der Waals surface area contributed by atoms with Crippen molar-refractivity contribution in [3.05, 3.63) is 12.7 Å². The molecule has 12 heavy (non-hydrogen) atoms. The quantitative estimate of drug-likeness (QED) is 0.602. The van der Waals surface area contributed by atoms with Crippen LogP contribution >= 0.6 is 0 Å². The highest BCUT2D eigenvalue weighted by molar-refractivity contribution is 5.74. The Balaban J connectivity index is 2.24. The number of ether oxygens (including phenoxy) is 1. The van der Waals surface area contributed by atoms with Crippen LogP contribution in [0.1, 0.15) is 0 Å². The Morgan fingerprint density at radius 1 is 1.58 bits per heavy atom. The molecule has 0 atom stereocenters. The van der Waals surface area contributed by atoms with Gasteiger partial charge in [-0.05, 0) is 0 Å². The van der Waals surface area contributed by atoms with Gasteiger partial charge in [0.1, 0.15) is 0 Å². The molecule has 1 saturated heterocycles. The number of carbonyl (C=O) groups is 1. The van der Waals surface area contributed by atoms with Gasteiger partial charge in [0.15, 0.2) is 0 Å². The number of nitrogens with one attached hydrogen (secondary N) is 1. The second kappa shape index (κ2) is 4.77. The maximum Gasteiger partial charge on any atom is 0.317 e. The van der Waals surface area contributed by atoms with Crippen LogP contribution in [0, 0.1) is 0 Å². The van der Waals surface area contributed by atoms with Gasteiger partial charge in [-0.25, -0.2) is 4.79 Å². The fourth-order valence-electron chi connectivity index (χ4n) is 1.04. The van der Waals surface area contributed by atoms with Crippen LogP contribution in [-0.4, -0.2) is 43.8 Å². The summed E-state index contributed by atoms with van der Waals surface area (Å²) in [7, 11) is 0. The molecule has 4 nitrogen and oxygen atoms in total. The Kier molecular flexibility index (Phi) is 3.60. The van der Waals surface area contributed by atoms with Crippen molar-refractivity contribution in [1.29, 1.82) is 0 Å². The molecule has 0 saturated carbocycles. The van der Waals surface area contributed by atoms with Crippen LogP contribution in [0.2, 0.25) is 0 Å². The van der Waals surface area contributed by atoms with E-state index < -0.39 is 0 Å². The van der Waals surface area contributed by atoms with E-state index in [-0.39, 0.29) is 6.03 Å². The number of carbonyl (C=O) groups excluding carboxylic acids is 1. The van der Waals surface area contributed by atoms with Crippen LogP contribution in [0.3, 0.4) is 0 Å². The fourth-order valence-corrected chi connectivity index (χ4v) is 1.04. The van der Waals surface area contributed by atoms with Gasteiger partial charge in [0.2, 0.25) is 0 Å². The Hall–Kier alpha value is -1.03. The number of urea groups is 1. The van der Waals surface area contributed by atoms with Crippen LogP contribution in [0.15, 0.2) is 12.7 Å². The van der Waals surface area contributed by atoms with Crippen LogP contribution in [0.25, 0.3) is 0 Å². The maximum atomic E-state index is 11.3. The number of amides is 2. The van der Waals surface area contributed by atoms with E-state index >= 15 is 0 Å². The van der Waals surface area contributed by atoms with Crippen LogP contribution < -0.4 is 5.32 Å². The van der Waals surface area contributed by atoms with Crippen molar-refractivity contribution in [3.8, 4) is 0 Å². The summed E-state index contributed by atoms with van der Waals surface area (Å²) in [5.74, 6) is 0. The lowest BCUT2D eigenvalue weighted by Gasteiger charge is -2.26. The molecule has 1 fully saturated rings. The molecule has 1 heterocycles. The van der Waals surface area contributed by atoms with Gasteiger partial charge in [-0.15, -0.1) is 6.58 Å². The molecule has 0 bridgehead atoms. The van der Waals surface area contributed by atoms with Crippen LogP contribution in [0.5, 0.6) is 0 Å². The van der Waals surface area contributed by atoms with E-state index in [1.54, 1.807) is 11.0 Å². The van der Waals surface area contributed by atoms with Gasteiger partial charge in [0, 0.05) is 19.6 Å². The third kappa shape index (κ3) is 2.54. The van der Waals surface area contributed by atoms with E-state index in [1.807, 2.05) is 0 Å². The van der Waals surface area contributed by atoms with Gasteiger partial charge in [0.25, 0.3) is 0 Å². The molecule has 2 amide bonds. The van der Waals surface area contributed by atoms with Crippen molar-refractivity contribution in [3.63, 3.8) is 0 Å². The predicted octanol–water partition coefficient (Wildman–Crippen LogP) is 0.214. The SMILES string of the molecule is C=CCNC(=O)N1CCOCC1. The lowest BCUT2D eigenvalue weighted by atomic mass is 10.4. The molecule has 1 rings (SSSR count). The van der Waals surface area contributed by atoms with E-state index in [2.05, 4.69) is 11.9 Å². The second-order valence-corrected chi connectivity index (χ2v) is 2.57. The number of hydrogen-bond donors (Lipinski definition) is 1. The average molecular weight is 170 g/mol. The first-order valence-electron chi connectivity index (χ1n) is 4.06. The van der Waals surface area contributed by atoms with Gasteiger partial charge in [-0.3, -0.25) is 0 Å². The summed E-state index contributed by atoms with van der Waals surface area (Å²) in [6, 6.07) is -0.0294. The maximum absolute atomic E-state index is 11.3. The molecule has 1 aliphatic rings. The first-order valence-corrected chi connectivity index (χ1v) is 4.06. The van der Waals surface area contributed by atoms with Crippen molar-refractivity contribution in [1.82, 2.24) is 10.2 Å². The summed E-state index contributed by atoms with van der Waals surface area (Å²) < 4.78 is 5.11. The number of nitrogens with zero attached hydrogens (tertiary/aromatic N) is 1. The molecule has 0 unspecified atom stereocenters. The van der Waals surface area contributed by atoms with E-state index in [0.717, 1.165) is 0 Å². The second-order valence-electron chi connectivity index (χ2n) is 2.57. The highest BCUT2D eigenvalue weighted by Crippen LogP contribution is 1.96. The summed E-state index contributed by atoms with van der Waals surface area (Å²) in [6.45, 7) is 6.69. The molecular weight excluding hydrogens is 156 g/mol. The Morgan fingerprint density at radius 3 is 2.83 bits per heavy atom. The smallest absolute Gasteiger partial charge is 0.317 e. The van der Waals surface area contributed by atoms with E-state index in [1.165, 1.54) is 0 Å². The highest BCUT2D eigenvalue weighted by Gasteiger charge is 2.14. The Bertz CT molecular complexity index is 164. The van der Waals surface area contributed by atoms with E-state index in [4.69, 9.17) is 4.74 Å². The highest BCUT2D eigenvalue weighted by atomic mass is 16.5.